The van der Waals surface area contributed by atoms with E-state index in [2.05, 4.69) is 140 Å². The van der Waals surface area contributed by atoms with Gasteiger partial charge in [0.2, 0.25) is 0 Å². The van der Waals surface area contributed by atoms with Crippen LogP contribution in [0.3, 0.4) is 0 Å². The van der Waals surface area contributed by atoms with E-state index in [1.54, 1.807) is 0 Å². The molecule has 2 aromatic heterocycles. The van der Waals surface area contributed by atoms with Gasteiger partial charge in [-0.1, -0.05) is 134 Å². The minimum atomic E-state index is 0.439. The fourth-order valence-corrected chi connectivity index (χ4v) is 7.84. The predicted molar refractivity (Wildman–Crippen MR) is 211 cm³/mol. The molecule has 51 heavy (non-hydrogen) atoms. The molecule has 0 aliphatic heterocycles. The SMILES string of the molecule is CC1CC=Cc2cc(-c3nc(-c4ccc(-c5cnc6ccccc6c5)cc4)nc(-c4cc5ccccc5c5ccccc45)n3)c3ccccc3c21. The van der Waals surface area contributed by atoms with Crippen molar-refractivity contribution in [1.29, 1.82) is 0 Å². The van der Waals surface area contributed by atoms with E-state index in [-0.39, 0.29) is 0 Å². The minimum absolute atomic E-state index is 0.439. The van der Waals surface area contributed by atoms with Crippen LogP contribution in [0.2, 0.25) is 0 Å². The Balaban J connectivity index is 1.20. The summed E-state index contributed by atoms with van der Waals surface area (Å²) >= 11 is 0. The van der Waals surface area contributed by atoms with Gasteiger partial charge in [0.15, 0.2) is 17.5 Å². The van der Waals surface area contributed by atoms with Crippen LogP contribution in [0, 0.1) is 0 Å². The highest BCUT2D eigenvalue weighted by atomic mass is 15.0. The third kappa shape index (κ3) is 4.99. The van der Waals surface area contributed by atoms with Gasteiger partial charge in [-0.25, -0.2) is 15.0 Å². The van der Waals surface area contributed by atoms with Crippen molar-refractivity contribution in [3.8, 4) is 45.3 Å². The average molecular weight is 653 g/mol. The highest BCUT2D eigenvalue weighted by Crippen LogP contribution is 2.41. The molecule has 0 N–H and O–H groups in total. The number of aromatic nitrogens is 4. The van der Waals surface area contributed by atoms with Crippen molar-refractivity contribution in [3.63, 3.8) is 0 Å². The van der Waals surface area contributed by atoms with Crippen LogP contribution in [0.1, 0.15) is 30.4 Å². The fraction of sp³-hybridized carbons (Fsp3) is 0.0638. The lowest BCUT2D eigenvalue weighted by Gasteiger charge is -2.22. The van der Waals surface area contributed by atoms with Gasteiger partial charge < -0.3 is 0 Å². The summed E-state index contributed by atoms with van der Waals surface area (Å²) in [7, 11) is 0. The summed E-state index contributed by atoms with van der Waals surface area (Å²) in [6.07, 6.45) is 7.52. The van der Waals surface area contributed by atoms with E-state index < -0.39 is 0 Å². The van der Waals surface area contributed by atoms with Crippen molar-refractivity contribution in [1.82, 2.24) is 19.9 Å². The summed E-state index contributed by atoms with van der Waals surface area (Å²) in [6.45, 7) is 2.32. The van der Waals surface area contributed by atoms with Gasteiger partial charge in [-0.15, -0.1) is 0 Å². The van der Waals surface area contributed by atoms with Gasteiger partial charge in [-0.2, -0.15) is 0 Å². The Hall–Kier alpha value is -6.52. The fourth-order valence-electron chi connectivity index (χ4n) is 7.84. The lowest BCUT2D eigenvalue weighted by atomic mass is 9.83. The number of pyridine rings is 1. The van der Waals surface area contributed by atoms with Crippen molar-refractivity contribution in [3.05, 3.63) is 163 Å². The van der Waals surface area contributed by atoms with Gasteiger partial charge in [0.1, 0.15) is 0 Å². The summed E-state index contributed by atoms with van der Waals surface area (Å²) in [5, 5.41) is 8.20. The van der Waals surface area contributed by atoms with Crippen LogP contribution in [0.25, 0.3) is 94.6 Å². The Morgan fingerprint density at radius 1 is 0.490 bits per heavy atom. The molecular formula is C47H32N4. The number of benzene rings is 7. The third-order valence-electron chi connectivity index (χ3n) is 10.4. The number of hydrogen-bond acceptors (Lipinski definition) is 4. The maximum Gasteiger partial charge on any atom is 0.164 e. The summed E-state index contributed by atoms with van der Waals surface area (Å²) < 4.78 is 0. The number of rotatable bonds is 4. The molecule has 240 valence electrons. The Bertz CT molecular complexity index is 2850. The zero-order valence-corrected chi connectivity index (χ0v) is 28.1. The van der Waals surface area contributed by atoms with E-state index in [1.165, 1.54) is 27.3 Å². The molecule has 0 fully saturated rings. The van der Waals surface area contributed by atoms with E-state index in [0.29, 0.717) is 23.4 Å². The molecule has 0 amide bonds. The molecule has 4 nitrogen and oxygen atoms in total. The molecule has 0 saturated heterocycles. The minimum Gasteiger partial charge on any atom is -0.256 e. The number of para-hydroxylation sites is 1. The second-order valence-electron chi connectivity index (χ2n) is 13.5. The van der Waals surface area contributed by atoms with Crippen LogP contribution in [0.5, 0.6) is 0 Å². The Morgan fingerprint density at radius 2 is 1.08 bits per heavy atom. The van der Waals surface area contributed by atoms with Crippen LogP contribution < -0.4 is 0 Å². The van der Waals surface area contributed by atoms with Crippen LogP contribution in [0.4, 0.5) is 0 Å². The van der Waals surface area contributed by atoms with E-state index in [1.807, 2.05) is 24.4 Å². The van der Waals surface area contributed by atoms with Crippen molar-refractivity contribution in [2.45, 2.75) is 19.3 Å². The molecule has 1 unspecified atom stereocenters. The molecule has 1 aliphatic rings. The summed E-state index contributed by atoms with van der Waals surface area (Å²) in [6, 6.07) is 49.2. The predicted octanol–water partition coefficient (Wildman–Crippen LogP) is 12.1. The van der Waals surface area contributed by atoms with Gasteiger partial charge in [0.05, 0.1) is 5.52 Å². The van der Waals surface area contributed by atoms with E-state index >= 15 is 0 Å². The first-order valence-electron chi connectivity index (χ1n) is 17.5. The zero-order valence-electron chi connectivity index (χ0n) is 28.1. The summed E-state index contributed by atoms with van der Waals surface area (Å²) in [4.78, 5) is 20.5. The highest BCUT2D eigenvalue weighted by Gasteiger charge is 2.22. The molecule has 9 aromatic rings. The number of allylic oxidation sites excluding steroid dienone is 1. The van der Waals surface area contributed by atoms with Crippen molar-refractivity contribution < 1.29 is 0 Å². The van der Waals surface area contributed by atoms with Crippen LogP contribution >= 0.6 is 0 Å². The Kier molecular flexibility index (Phi) is 6.81. The number of hydrogen-bond donors (Lipinski definition) is 0. The van der Waals surface area contributed by atoms with Crippen LogP contribution in [0.15, 0.2) is 152 Å². The number of nitrogens with zero attached hydrogens (tertiary/aromatic N) is 4. The van der Waals surface area contributed by atoms with Crippen molar-refractivity contribution in [2.75, 3.05) is 0 Å². The molecule has 0 radical (unpaired) electrons. The van der Waals surface area contributed by atoms with E-state index in [4.69, 9.17) is 19.9 Å². The average Bonchev–Trinajstić information content (AvgIpc) is 3.20. The maximum atomic E-state index is 5.31. The zero-order chi connectivity index (χ0) is 33.9. The third-order valence-corrected chi connectivity index (χ3v) is 10.4. The normalized spacial score (nSPS) is 14.0. The van der Waals surface area contributed by atoms with Crippen molar-refractivity contribution >= 4 is 49.3 Å². The smallest absolute Gasteiger partial charge is 0.164 e. The second kappa shape index (κ2) is 11.8. The van der Waals surface area contributed by atoms with Crippen LogP contribution in [-0.4, -0.2) is 19.9 Å². The second-order valence-corrected chi connectivity index (χ2v) is 13.5. The van der Waals surface area contributed by atoms with E-state index in [9.17, 15) is 0 Å². The van der Waals surface area contributed by atoms with Gasteiger partial charge in [-0.05, 0) is 85.6 Å². The Labute approximate surface area is 295 Å². The van der Waals surface area contributed by atoms with E-state index in [0.717, 1.165) is 61.3 Å². The molecule has 1 aliphatic carbocycles. The molecular weight excluding hydrogens is 621 g/mol. The lowest BCUT2D eigenvalue weighted by Crippen LogP contribution is -2.05. The summed E-state index contributed by atoms with van der Waals surface area (Å²) in [5.74, 6) is 2.40. The number of fused-ring (bicyclic) bond motifs is 7. The molecule has 0 saturated carbocycles. The first kappa shape index (κ1) is 29.4. The first-order valence-corrected chi connectivity index (χ1v) is 17.5. The molecule has 7 aromatic carbocycles. The Morgan fingerprint density at radius 3 is 1.86 bits per heavy atom. The van der Waals surface area contributed by atoms with Gasteiger partial charge in [-0.3, -0.25) is 4.98 Å². The van der Waals surface area contributed by atoms with Crippen molar-refractivity contribution in [2.24, 2.45) is 0 Å². The molecule has 10 rings (SSSR count). The quantitative estimate of drug-likeness (QED) is 0.178. The standard InChI is InChI=1S/C47H32N4/c1-29-11-10-14-34-27-42(39-18-7-8-19-40(39)44(29)34)47-50-45(31-23-21-30(22-24-31)35-25-33-13-3-9-20-43(33)48-28-35)49-46(51-47)41-26-32-12-2-4-15-36(32)37-16-5-6-17-38(37)41/h2-10,12-29H,11H2,1H3. The topological polar surface area (TPSA) is 51.6 Å². The molecule has 1 atom stereocenters. The summed E-state index contributed by atoms with van der Waals surface area (Å²) in [5.41, 5.74) is 8.71. The monoisotopic (exact) mass is 652 g/mol. The molecule has 2 heterocycles. The van der Waals surface area contributed by atoms with Gasteiger partial charge in [0, 0.05) is 33.8 Å². The molecule has 0 bridgehead atoms. The van der Waals surface area contributed by atoms with Gasteiger partial charge in [0.25, 0.3) is 0 Å². The molecule has 4 heteroatoms. The first-order chi connectivity index (χ1) is 25.2. The maximum absolute atomic E-state index is 5.31. The van der Waals surface area contributed by atoms with Gasteiger partial charge >= 0.3 is 0 Å². The lowest BCUT2D eigenvalue weighted by molar-refractivity contribution is 0.779. The van der Waals surface area contributed by atoms with Crippen LogP contribution in [-0.2, 0) is 0 Å². The highest BCUT2D eigenvalue weighted by molar-refractivity contribution is 6.13. The largest absolute Gasteiger partial charge is 0.256 e. The molecule has 0 spiro atoms.